The molecule has 2 atom stereocenters. The van der Waals surface area contributed by atoms with E-state index in [-0.39, 0.29) is 11.7 Å². The molecule has 29 heavy (non-hydrogen) atoms. The average molecular weight is 397 g/mol. The molecule has 8 nitrogen and oxygen atoms in total. The lowest BCUT2D eigenvalue weighted by Gasteiger charge is -2.27. The number of carboxylic acids is 1. The van der Waals surface area contributed by atoms with Crippen molar-refractivity contribution in [2.24, 2.45) is 0 Å². The number of nitrogens with one attached hydrogen (secondary N) is 1. The van der Waals surface area contributed by atoms with Crippen molar-refractivity contribution in [3.8, 4) is 0 Å². The maximum absolute atomic E-state index is 11.3. The molecule has 0 amide bonds. The third kappa shape index (κ3) is 3.85. The summed E-state index contributed by atoms with van der Waals surface area (Å²) in [5.41, 5.74) is 1.88. The van der Waals surface area contributed by atoms with E-state index in [1.54, 1.807) is 6.07 Å². The zero-order valence-corrected chi connectivity index (χ0v) is 16.8. The van der Waals surface area contributed by atoms with Gasteiger partial charge in [-0.2, -0.15) is 0 Å². The molecule has 2 aromatic rings. The fraction of sp³-hybridized carbons (Fsp3) is 0.476. The molecule has 4 heterocycles. The van der Waals surface area contributed by atoms with Crippen LogP contribution in [0.2, 0.25) is 0 Å². The highest BCUT2D eigenvalue weighted by Gasteiger charge is 2.32. The van der Waals surface area contributed by atoms with Crippen LogP contribution in [0.25, 0.3) is 0 Å². The summed E-state index contributed by atoms with van der Waals surface area (Å²) in [5, 5.41) is 12.7. The Kier molecular flexibility index (Phi) is 5.53. The molecule has 2 aliphatic rings. The van der Waals surface area contributed by atoms with Crippen molar-refractivity contribution >= 4 is 23.3 Å². The summed E-state index contributed by atoms with van der Waals surface area (Å²) < 4.78 is 5.54. The number of rotatable bonds is 7. The van der Waals surface area contributed by atoms with Crippen molar-refractivity contribution in [2.75, 3.05) is 41.4 Å². The highest BCUT2D eigenvalue weighted by atomic mass is 16.5. The van der Waals surface area contributed by atoms with Gasteiger partial charge in [0.15, 0.2) is 5.82 Å². The van der Waals surface area contributed by atoms with Gasteiger partial charge in [-0.25, -0.2) is 14.8 Å². The van der Waals surface area contributed by atoms with Crippen LogP contribution in [0, 0.1) is 0 Å². The highest BCUT2D eigenvalue weighted by Crippen LogP contribution is 2.40. The molecule has 8 heteroatoms. The Morgan fingerprint density at radius 1 is 1.34 bits per heavy atom. The lowest BCUT2D eigenvalue weighted by atomic mass is 10.2. The van der Waals surface area contributed by atoms with Crippen LogP contribution in [0.15, 0.2) is 30.6 Å². The first-order valence-corrected chi connectivity index (χ1v) is 10.2. The van der Waals surface area contributed by atoms with Crippen LogP contribution in [-0.4, -0.2) is 53.4 Å². The quantitative estimate of drug-likeness (QED) is 0.689. The zero-order valence-electron chi connectivity index (χ0n) is 16.8. The van der Waals surface area contributed by atoms with Crippen molar-refractivity contribution in [3.05, 3.63) is 41.7 Å². The summed E-state index contributed by atoms with van der Waals surface area (Å²) in [7, 11) is 0. The van der Waals surface area contributed by atoms with Crippen molar-refractivity contribution < 1.29 is 14.6 Å². The lowest BCUT2D eigenvalue weighted by molar-refractivity contribution is 0.0696. The first-order valence-electron chi connectivity index (χ1n) is 10.2. The van der Waals surface area contributed by atoms with Gasteiger partial charge in [-0.1, -0.05) is 0 Å². The van der Waals surface area contributed by atoms with Crippen LogP contribution in [0.5, 0.6) is 0 Å². The molecule has 0 aliphatic carbocycles. The number of nitrogens with zero attached hydrogens (tertiary/aromatic N) is 4. The van der Waals surface area contributed by atoms with Crippen LogP contribution < -0.4 is 15.1 Å². The van der Waals surface area contributed by atoms with Crippen LogP contribution in [0.1, 0.15) is 48.8 Å². The number of pyridine rings is 2. The fourth-order valence-electron chi connectivity index (χ4n) is 4.07. The van der Waals surface area contributed by atoms with E-state index in [0.717, 1.165) is 23.7 Å². The van der Waals surface area contributed by atoms with Crippen LogP contribution >= 0.6 is 0 Å². The van der Waals surface area contributed by atoms with Gasteiger partial charge in [-0.3, -0.25) is 0 Å². The third-order valence-electron chi connectivity index (χ3n) is 5.60. The Bertz CT molecular complexity index is 873. The van der Waals surface area contributed by atoms with Crippen LogP contribution in [0.4, 0.5) is 17.3 Å². The number of aromatic carboxylic acids is 1. The Labute approximate surface area is 170 Å². The van der Waals surface area contributed by atoms with Crippen LogP contribution in [-0.2, 0) is 4.74 Å². The molecule has 2 aliphatic heterocycles. The minimum Gasteiger partial charge on any atom is -0.478 e. The van der Waals surface area contributed by atoms with E-state index in [1.165, 1.54) is 19.0 Å². The Morgan fingerprint density at radius 2 is 2.21 bits per heavy atom. The van der Waals surface area contributed by atoms with Crippen molar-refractivity contribution in [2.45, 2.75) is 38.9 Å². The monoisotopic (exact) mass is 397 g/mol. The van der Waals surface area contributed by atoms with Gasteiger partial charge in [0.05, 0.1) is 17.9 Å². The molecule has 2 N–H and O–H groups in total. The summed E-state index contributed by atoms with van der Waals surface area (Å²) in [6, 6.07) is 6.30. The maximum atomic E-state index is 11.3. The normalized spacial score (nSPS) is 20.6. The second-order valence-electron chi connectivity index (χ2n) is 7.47. The summed E-state index contributed by atoms with van der Waals surface area (Å²) in [6.45, 7) is 7.10. The molecule has 1 fully saturated rings. The summed E-state index contributed by atoms with van der Waals surface area (Å²) in [5.74, 6) is 0.746. The van der Waals surface area contributed by atoms with Crippen LogP contribution in [0.3, 0.4) is 0 Å². The molecule has 0 radical (unpaired) electrons. The van der Waals surface area contributed by atoms with Crippen molar-refractivity contribution in [1.82, 2.24) is 9.97 Å². The molecule has 154 valence electrons. The van der Waals surface area contributed by atoms with Gasteiger partial charge in [-0.05, 0) is 44.9 Å². The summed E-state index contributed by atoms with van der Waals surface area (Å²) >= 11 is 0. The first-order chi connectivity index (χ1) is 14.1. The predicted octanol–water partition coefficient (Wildman–Crippen LogP) is 3.13. The number of hydrogen-bond donors (Lipinski definition) is 2. The topological polar surface area (TPSA) is 90.8 Å². The smallest absolute Gasteiger partial charge is 0.337 e. The summed E-state index contributed by atoms with van der Waals surface area (Å²) in [4.78, 5) is 24.9. The number of fused-ring (bicyclic) bond motifs is 1. The predicted molar refractivity (Wildman–Crippen MR) is 112 cm³/mol. The second kappa shape index (κ2) is 8.24. The van der Waals surface area contributed by atoms with Gasteiger partial charge < -0.3 is 25.0 Å². The Hall–Kier alpha value is -2.87. The molecule has 0 spiro atoms. The third-order valence-corrected chi connectivity index (χ3v) is 5.60. The molecule has 4 rings (SSSR count). The van der Waals surface area contributed by atoms with Crippen molar-refractivity contribution in [1.29, 1.82) is 0 Å². The number of aromatic nitrogens is 2. The van der Waals surface area contributed by atoms with E-state index in [2.05, 4.69) is 39.2 Å². The first kappa shape index (κ1) is 19.4. The van der Waals surface area contributed by atoms with Gasteiger partial charge in [0.2, 0.25) is 0 Å². The van der Waals surface area contributed by atoms with Gasteiger partial charge in [0, 0.05) is 43.7 Å². The lowest BCUT2D eigenvalue weighted by Crippen LogP contribution is -2.32. The van der Waals surface area contributed by atoms with Gasteiger partial charge >= 0.3 is 5.97 Å². The van der Waals surface area contributed by atoms with E-state index in [4.69, 9.17) is 9.72 Å². The number of anilines is 3. The molecule has 0 aromatic carbocycles. The zero-order chi connectivity index (χ0) is 20.4. The maximum Gasteiger partial charge on any atom is 0.337 e. The fourth-order valence-corrected chi connectivity index (χ4v) is 4.07. The van der Waals surface area contributed by atoms with E-state index in [0.29, 0.717) is 31.5 Å². The minimum atomic E-state index is -0.989. The Morgan fingerprint density at radius 3 is 2.86 bits per heavy atom. The van der Waals surface area contributed by atoms with E-state index in [1.807, 2.05) is 13.1 Å². The van der Waals surface area contributed by atoms with Gasteiger partial charge in [0.25, 0.3) is 0 Å². The molecule has 1 saturated heterocycles. The Balaban J connectivity index is 1.59. The molecular formula is C21H27N5O3. The van der Waals surface area contributed by atoms with E-state index < -0.39 is 5.97 Å². The number of hydrogen-bond acceptors (Lipinski definition) is 7. The second-order valence-corrected chi connectivity index (χ2v) is 7.47. The molecule has 2 aromatic heterocycles. The molecule has 0 saturated carbocycles. The highest BCUT2D eigenvalue weighted by molar-refractivity contribution is 5.90. The van der Waals surface area contributed by atoms with E-state index >= 15 is 0 Å². The minimum absolute atomic E-state index is 0.165. The van der Waals surface area contributed by atoms with Gasteiger partial charge in [-0.15, -0.1) is 0 Å². The summed E-state index contributed by atoms with van der Waals surface area (Å²) in [6.07, 6.45) is 5.53. The largest absolute Gasteiger partial charge is 0.478 e. The molecule has 2 unspecified atom stereocenters. The van der Waals surface area contributed by atoms with E-state index in [9.17, 15) is 9.90 Å². The SMILES string of the molecule is CCOCCN1c2ncc(C(=O)O)cc2NC1c1ccc(N2CCCC2C)nc1. The average Bonchev–Trinajstić information content (AvgIpc) is 3.31. The number of carboxylic acid groups (broad SMARTS) is 1. The van der Waals surface area contributed by atoms with Crippen molar-refractivity contribution in [3.63, 3.8) is 0 Å². The number of ether oxygens (including phenoxy) is 1. The molecule has 0 bridgehead atoms. The molecular weight excluding hydrogens is 370 g/mol. The number of carbonyl (C=O) groups is 1. The van der Waals surface area contributed by atoms with Gasteiger partial charge in [0.1, 0.15) is 12.0 Å². The standard InChI is InChI=1S/C21H27N5O3/c1-3-29-10-9-26-19(24-17-11-16(21(27)28)13-23-20(17)26)15-6-7-18(22-12-15)25-8-4-5-14(25)2/h6-7,11-14,19,24H,3-5,8-10H2,1-2H3,(H,27,28).